The molecule has 0 saturated heterocycles. The van der Waals surface area contributed by atoms with Gasteiger partial charge in [-0.05, 0) is 44.3 Å². The second kappa shape index (κ2) is 6.80. The Hall–Kier alpha value is -0.220. The maximum absolute atomic E-state index is 12.2. The Morgan fingerprint density at radius 2 is 1.94 bits per heavy atom. The summed E-state index contributed by atoms with van der Waals surface area (Å²) in [5, 5.41) is 3.94. The van der Waals surface area contributed by atoms with Gasteiger partial charge in [0.1, 0.15) is 0 Å². The first kappa shape index (κ1) is 14.2. The van der Waals surface area contributed by atoms with E-state index in [-0.39, 0.29) is 11.8 Å². The zero-order valence-corrected chi connectivity index (χ0v) is 12.2. The van der Waals surface area contributed by atoms with Gasteiger partial charge in [-0.3, -0.25) is 4.79 Å². The summed E-state index contributed by atoms with van der Waals surface area (Å²) in [4.78, 5) is 12.2. The monoisotopic (exact) mass is 270 g/mol. The minimum absolute atomic E-state index is 0.220. The molecule has 2 saturated carbocycles. The van der Waals surface area contributed by atoms with Crippen LogP contribution < -0.4 is 11.1 Å². The van der Waals surface area contributed by atoms with Gasteiger partial charge in [-0.1, -0.05) is 13.3 Å². The average Bonchev–Trinajstić information content (AvgIpc) is 2.78. The van der Waals surface area contributed by atoms with E-state index in [0.29, 0.717) is 17.3 Å². The van der Waals surface area contributed by atoms with Gasteiger partial charge in [0.2, 0.25) is 5.91 Å². The number of nitrogens with one attached hydrogen (secondary N) is 1. The molecule has 2 aliphatic carbocycles. The van der Waals surface area contributed by atoms with E-state index in [9.17, 15) is 4.79 Å². The highest BCUT2D eigenvalue weighted by Gasteiger charge is 2.31. The van der Waals surface area contributed by atoms with Gasteiger partial charge in [0.25, 0.3) is 0 Å². The van der Waals surface area contributed by atoms with Gasteiger partial charge in [0.15, 0.2) is 0 Å². The van der Waals surface area contributed by atoms with Gasteiger partial charge >= 0.3 is 0 Å². The standard InChI is InChI=1S/C14H26N2OS/c1-2-18-13-5-3-4-12(13)16-14(17)10-6-8-11(15)9-7-10/h10-13H,2-9,15H2,1H3,(H,16,17). The fourth-order valence-corrected chi connectivity index (χ4v) is 4.38. The van der Waals surface area contributed by atoms with E-state index in [1.165, 1.54) is 12.8 Å². The van der Waals surface area contributed by atoms with E-state index in [1.54, 1.807) is 0 Å². The van der Waals surface area contributed by atoms with Gasteiger partial charge < -0.3 is 11.1 Å². The summed E-state index contributed by atoms with van der Waals surface area (Å²) in [6, 6.07) is 0.738. The predicted octanol–water partition coefficient (Wildman–Crippen LogP) is 2.29. The summed E-state index contributed by atoms with van der Waals surface area (Å²) < 4.78 is 0. The van der Waals surface area contributed by atoms with Crippen LogP contribution in [-0.4, -0.2) is 29.0 Å². The highest BCUT2D eigenvalue weighted by molar-refractivity contribution is 7.99. The topological polar surface area (TPSA) is 55.1 Å². The molecule has 0 aliphatic heterocycles. The molecule has 18 heavy (non-hydrogen) atoms. The minimum Gasteiger partial charge on any atom is -0.352 e. The Bertz CT molecular complexity index is 277. The van der Waals surface area contributed by atoms with Crippen LogP contribution in [-0.2, 0) is 4.79 Å². The van der Waals surface area contributed by atoms with Crippen molar-refractivity contribution in [2.24, 2.45) is 11.7 Å². The Kier molecular flexibility index (Phi) is 5.37. The van der Waals surface area contributed by atoms with Crippen LogP contribution >= 0.6 is 11.8 Å². The van der Waals surface area contributed by atoms with Crippen LogP contribution in [0.3, 0.4) is 0 Å². The molecule has 2 fully saturated rings. The fourth-order valence-electron chi connectivity index (χ4n) is 3.19. The highest BCUT2D eigenvalue weighted by Crippen LogP contribution is 2.31. The first-order chi connectivity index (χ1) is 8.70. The van der Waals surface area contributed by atoms with Gasteiger partial charge in [0.05, 0.1) is 0 Å². The van der Waals surface area contributed by atoms with Crippen molar-refractivity contribution < 1.29 is 4.79 Å². The fraction of sp³-hybridized carbons (Fsp3) is 0.929. The third-order valence-electron chi connectivity index (χ3n) is 4.30. The first-order valence-corrected chi connectivity index (χ1v) is 8.43. The highest BCUT2D eigenvalue weighted by atomic mass is 32.2. The molecule has 0 aromatic heterocycles. The number of rotatable bonds is 4. The molecular formula is C14H26N2OS. The van der Waals surface area contributed by atoms with Crippen molar-refractivity contribution in [3.05, 3.63) is 0 Å². The predicted molar refractivity (Wildman–Crippen MR) is 77.6 cm³/mol. The average molecular weight is 270 g/mol. The normalized spacial score (nSPS) is 36.6. The Morgan fingerprint density at radius 1 is 1.22 bits per heavy atom. The van der Waals surface area contributed by atoms with E-state index in [0.717, 1.165) is 37.9 Å². The molecule has 0 aromatic carbocycles. The van der Waals surface area contributed by atoms with E-state index in [1.807, 2.05) is 11.8 Å². The third-order valence-corrected chi connectivity index (χ3v) is 5.63. The number of hydrogen-bond acceptors (Lipinski definition) is 3. The smallest absolute Gasteiger partial charge is 0.223 e. The first-order valence-electron chi connectivity index (χ1n) is 7.38. The number of carbonyl (C=O) groups is 1. The molecule has 0 heterocycles. The van der Waals surface area contributed by atoms with Crippen LogP contribution in [0.15, 0.2) is 0 Å². The Labute approximate surface area is 115 Å². The molecule has 104 valence electrons. The van der Waals surface area contributed by atoms with Crippen LogP contribution in [0.5, 0.6) is 0 Å². The molecule has 0 bridgehead atoms. The lowest BCUT2D eigenvalue weighted by Crippen LogP contribution is -2.43. The number of nitrogens with two attached hydrogens (primary N) is 1. The van der Waals surface area contributed by atoms with Crippen LogP contribution in [0.1, 0.15) is 51.9 Å². The minimum atomic E-state index is 0.220. The molecule has 2 atom stereocenters. The summed E-state index contributed by atoms with van der Waals surface area (Å²) in [6.45, 7) is 2.20. The van der Waals surface area contributed by atoms with Crippen molar-refractivity contribution in [2.75, 3.05) is 5.75 Å². The van der Waals surface area contributed by atoms with E-state index in [4.69, 9.17) is 5.73 Å². The summed E-state index contributed by atoms with van der Waals surface area (Å²) >= 11 is 2.00. The summed E-state index contributed by atoms with van der Waals surface area (Å²) in [5.41, 5.74) is 5.89. The molecule has 3 nitrogen and oxygen atoms in total. The van der Waals surface area contributed by atoms with Gasteiger partial charge in [0, 0.05) is 23.3 Å². The lowest BCUT2D eigenvalue weighted by molar-refractivity contribution is -0.126. The van der Waals surface area contributed by atoms with Crippen molar-refractivity contribution in [3.8, 4) is 0 Å². The third kappa shape index (κ3) is 3.64. The quantitative estimate of drug-likeness (QED) is 0.824. The molecule has 0 aromatic rings. The Morgan fingerprint density at radius 3 is 2.61 bits per heavy atom. The zero-order chi connectivity index (χ0) is 13.0. The number of carbonyl (C=O) groups excluding carboxylic acids is 1. The maximum atomic E-state index is 12.2. The second-order valence-corrected chi connectivity index (χ2v) is 7.17. The van der Waals surface area contributed by atoms with Crippen LogP contribution in [0.25, 0.3) is 0 Å². The van der Waals surface area contributed by atoms with E-state index in [2.05, 4.69) is 12.2 Å². The number of thioether (sulfide) groups is 1. The number of hydrogen-bond donors (Lipinski definition) is 2. The van der Waals surface area contributed by atoms with Gasteiger partial charge in [-0.15, -0.1) is 0 Å². The zero-order valence-electron chi connectivity index (χ0n) is 11.4. The SMILES string of the molecule is CCSC1CCCC1NC(=O)C1CCC(N)CC1. The molecule has 3 N–H and O–H groups in total. The van der Waals surface area contributed by atoms with Crippen molar-refractivity contribution in [3.63, 3.8) is 0 Å². The van der Waals surface area contributed by atoms with Gasteiger partial charge in [-0.25, -0.2) is 0 Å². The molecule has 0 spiro atoms. The molecule has 2 aliphatic rings. The summed E-state index contributed by atoms with van der Waals surface area (Å²) in [7, 11) is 0. The lowest BCUT2D eigenvalue weighted by atomic mass is 9.86. The van der Waals surface area contributed by atoms with Crippen LogP contribution in [0.2, 0.25) is 0 Å². The van der Waals surface area contributed by atoms with E-state index < -0.39 is 0 Å². The molecule has 2 unspecified atom stereocenters. The van der Waals surface area contributed by atoms with Crippen LogP contribution in [0.4, 0.5) is 0 Å². The molecule has 1 amide bonds. The van der Waals surface area contributed by atoms with E-state index >= 15 is 0 Å². The molecule has 0 radical (unpaired) electrons. The molecular weight excluding hydrogens is 244 g/mol. The van der Waals surface area contributed by atoms with Gasteiger partial charge in [-0.2, -0.15) is 11.8 Å². The van der Waals surface area contributed by atoms with Crippen LogP contribution in [0, 0.1) is 5.92 Å². The summed E-state index contributed by atoms with van der Waals surface area (Å²) in [5.74, 6) is 1.66. The van der Waals surface area contributed by atoms with Crippen molar-refractivity contribution >= 4 is 17.7 Å². The number of amides is 1. The largest absolute Gasteiger partial charge is 0.352 e. The second-order valence-electron chi connectivity index (χ2n) is 5.65. The van der Waals surface area contributed by atoms with Crippen molar-refractivity contribution in [1.82, 2.24) is 5.32 Å². The molecule has 4 heteroatoms. The van der Waals surface area contributed by atoms with Crippen molar-refractivity contribution in [2.45, 2.75) is 69.2 Å². The lowest BCUT2D eigenvalue weighted by Gasteiger charge is -2.28. The maximum Gasteiger partial charge on any atom is 0.223 e. The van der Waals surface area contributed by atoms with Crippen molar-refractivity contribution in [1.29, 1.82) is 0 Å². The molecule has 2 rings (SSSR count). The Balaban J connectivity index is 1.79. The summed E-state index contributed by atoms with van der Waals surface area (Å²) in [6.07, 6.45) is 7.66.